The molecule has 1 fully saturated rings. The summed E-state index contributed by atoms with van der Waals surface area (Å²) in [6.07, 6.45) is 4.12. The van der Waals surface area contributed by atoms with Gasteiger partial charge in [0.05, 0.1) is 6.26 Å². The van der Waals surface area contributed by atoms with Crippen molar-refractivity contribution >= 4 is 18.5 Å². The van der Waals surface area contributed by atoms with Gasteiger partial charge in [0.15, 0.2) is 0 Å². The van der Waals surface area contributed by atoms with Crippen molar-refractivity contribution in [1.82, 2.24) is 4.90 Å². The molecule has 3 nitrogen and oxygen atoms in total. The summed E-state index contributed by atoms with van der Waals surface area (Å²) in [5.41, 5.74) is 0. The summed E-state index contributed by atoms with van der Waals surface area (Å²) >= 11 is 4.31. The fraction of sp³-hybridized carbons (Fsp3) is 0.545. The number of amides is 1. The van der Waals surface area contributed by atoms with E-state index < -0.39 is 0 Å². The lowest BCUT2D eigenvalue weighted by Crippen LogP contribution is -2.26. The Morgan fingerprint density at radius 1 is 1.60 bits per heavy atom. The Morgan fingerprint density at radius 2 is 2.47 bits per heavy atom. The summed E-state index contributed by atoms with van der Waals surface area (Å²) in [7, 11) is 0. The first-order chi connectivity index (χ1) is 7.25. The SMILES string of the molecule is O=C1CC(S)CN1CCCc1ccco1. The van der Waals surface area contributed by atoms with Gasteiger partial charge in [-0.3, -0.25) is 4.79 Å². The van der Waals surface area contributed by atoms with Gasteiger partial charge in [-0.25, -0.2) is 0 Å². The van der Waals surface area contributed by atoms with E-state index in [0.717, 1.165) is 31.7 Å². The van der Waals surface area contributed by atoms with E-state index in [2.05, 4.69) is 12.6 Å². The van der Waals surface area contributed by atoms with E-state index in [0.29, 0.717) is 6.42 Å². The van der Waals surface area contributed by atoms with Gasteiger partial charge in [-0.05, 0) is 18.6 Å². The van der Waals surface area contributed by atoms with Crippen molar-refractivity contribution < 1.29 is 9.21 Å². The van der Waals surface area contributed by atoms with E-state index in [1.807, 2.05) is 17.0 Å². The minimum atomic E-state index is 0.223. The van der Waals surface area contributed by atoms with Gasteiger partial charge in [-0.1, -0.05) is 0 Å². The van der Waals surface area contributed by atoms with E-state index in [1.54, 1.807) is 6.26 Å². The van der Waals surface area contributed by atoms with Gasteiger partial charge in [0.1, 0.15) is 5.76 Å². The molecule has 2 heterocycles. The summed E-state index contributed by atoms with van der Waals surface area (Å²) in [5, 5.41) is 0.223. The van der Waals surface area contributed by atoms with Gasteiger partial charge in [-0.2, -0.15) is 12.6 Å². The Morgan fingerprint density at radius 3 is 3.07 bits per heavy atom. The molecule has 0 aromatic carbocycles. The highest BCUT2D eigenvalue weighted by atomic mass is 32.1. The molecule has 0 bridgehead atoms. The molecule has 4 heteroatoms. The van der Waals surface area contributed by atoms with Crippen LogP contribution in [-0.2, 0) is 11.2 Å². The Kier molecular flexibility index (Phi) is 3.36. The largest absolute Gasteiger partial charge is 0.469 e. The maximum absolute atomic E-state index is 11.4. The molecule has 1 saturated heterocycles. The first-order valence-electron chi connectivity index (χ1n) is 5.24. The summed E-state index contributed by atoms with van der Waals surface area (Å²) in [4.78, 5) is 13.3. The summed E-state index contributed by atoms with van der Waals surface area (Å²) < 4.78 is 5.23. The predicted molar refractivity (Wildman–Crippen MR) is 61.0 cm³/mol. The highest BCUT2D eigenvalue weighted by Gasteiger charge is 2.26. The molecule has 1 aromatic heterocycles. The van der Waals surface area contributed by atoms with Crippen molar-refractivity contribution in [3.63, 3.8) is 0 Å². The van der Waals surface area contributed by atoms with Gasteiger partial charge in [0, 0.05) is 31.2 Å². The molecule has 1 amide bonds. The Labute approximate surface area is 94.9 Å². The third-order valence-electron chi connectivity index (χ3n) is 2.63. The lowest BCUT2D eigenvalue weighted by molar-refractivity contribution is -0.127. The molecule has 0 saturated carbocycles. The smallest absolute Gasteiger partial charge is 0.223 e. The highest BCUT2D eigenvalue weighted by Crippen LogP contribution is 2.16. The second-order valence-corrected chi connectivity index (χ2v) is 4.61. The van der Waals surface area contributed by atoms with Gasteiger partial charge < -0.3 is 9.32 Å². The summed E-state index contributed by atoms with van der Waals surface area (Å²) in [5.74, 6) is 1.22. The predicted octanol–water partition coefficient (Wildman–Crippen LogP) is 1.74. The topological polar surface area (TPSA) is 33.5 Å². The van der Waals surface area contributed by atoms with Crippen molar-refractivity contribution in [3.8, 4) is 0 Å². The molecule has 82 valence electrons. The van der Waals surface area contributed by atoms with Gasteiger partial charge >= 0.3 is 0 Å². The van der Waals surface area contributed by atoms with E-state index in [9.17, 15) is 4.79 Å². The highest BCUT2D eigenvalue weighted by molar-refractivity contribution is 7.81. The van der Waals surface area contributed by atoms with Crippen LogP contribution in [0.1, 0.15) is 18.6 Å². The number of hydrogen-bond acceptors (Lipinski definition) is 3. The van der Waals surface area contributed by atoms with Crippen molar-refractivity contribution in [3.05, 3.63) is 24.2 Å². The van der Waals surface area contributed by atoms with Gasteiger partial charge in [-0.15, -0.1) is 0 Å². The molecule has 1 aliphatic heterocycles. The zero-order valence-electron chi connectivity index (χ0n) is 8.56. The molecule has 1 unspecified atom stereocenters. The minimum absolute atomic E-state index is 0.223. The fourth-order valence-corrected chi connectivity index (χ4v) is 2.22. The second-order valence-electron chi connectivity index (χ2n) is 3.88. The van der Waals surface area contributed by atoms with Crippen molar-refractivity contribution in [1.29, 1.82) is 0 Å². The van der Waals surface area contributed by atoms with Crippen LogP contribution >= 0.6 is 12.6 Å². The van der Waals surface area contributed by atoms with Crippen LogP contribution in [0.25, 0.3) is 0 Å². The number of nitrogens with zero attached hydrogens (tertiary/aromatic N) is 1. The number of carbonyl (C=O) groups excluding carboxylic acids is 1. The molecule has 15 heavy (non-hydrogen) atoms. The summed E-state index contributed by atoms with van der Waals surface area (Å²) in [6, 6.07) is 3.85. The normalized spacial score (nSPS) is 21.3. The monoisotopic (exact) mass is 225 g/mol. The lowest BCUT2D eigenvalue weighted by Gasteiger charge is -2.14. The average Bonchev–Trinajstić information content (AvgIpc) is 2.77. The van der Waals surface area contributed by atoms with E-state index in [1.165, 1.54) is 0 Å². The molecular weight excluding hydrogens is 210 g/mol. The Bertz CT molecular complexity index is 323. The molecule has 1 atom stereocenters. The molecular formula is C11H15NO2S. The quantitative estimate of drug-likeness (QED) is 0.792. The van der Waals surface area contributed by atoms with Crippen LogP contribution in [-0.4, -0.2) is 29.1 Å². The molecule has 0 aliphatic carbocycles. The van der Waals surface area contributed by atoms with E-state index in [4.69, 9.17) is 4.42 Å². The zero-order chi connectivity index (χ0) is 10.7. The van der Waals surface area contributed by atoms with Crippen LogP contribution in [0.2, 0.25) is 0 Å². The molecule has 1 aliphatic rings. The average molecular weight is 225 g/mol. The molecule has 2 rings (SSSR count). The van der Waals surface area contributed by atoms with Crippen LogP contribution < -0.4 is 0 Å². The lowest BCUT2D eigenvalue weighted by atomic mass is 10.2. The van der Waals surface area contributed by atoms with E-state index in [-0.39, 0.29) is 11.2 Å². The zero-order valence-corrected chi connectivity index (χ0v) is 9.45. The standard InChI is InChI=1S/C11H15NO2S/c13-11-7-10(15)8-12(11)5-1-3-9-4-2-6-14-9/h2,4,6,10,15H,1,3,5,7-8H2. The number of furan rings is 1. The van der Waals surface area contributed by atoms with Crippen LogP contribution in [0.15, 0.2) is 22.8 Å². The van der Waals surface area contributed by atoms with E-state index >= 15 is 0 Å². The fourth-order valence-electron chi connectivity index (χ4n) is 1.87. The van der Waals surface area contributed by atoms with Crippen molar-refractivity contribution in [2.75, 3.05) is 13.1 Å². The number of aryl methyl sites for hydroxylation is 1. The minimum Gasteiger partial charge on any atom is -0.469 e. The maximum Gasteiger partial charge on any atom is 0.223 e. The summed E-state index contributed by atoms with van der Waals surface area (Å²) in [6.45, 7) is 1.61. The Hall–Kier alpha value is -0.900. The molecule has 1 aromatic rings. The van der Waals surface area contributed by atoms with Crippen LogP contribution in [0, 0.1) is 0 Å². The third kappa shape index (κ3) is 2.78. The molecule has 0 N–H and O–H groups in total. The van der Waals surface area contributed by atoms with Gasteiger partial charge in [0.2, 0.25) is 5.91 Å². The van der Waals surface area contributed by atoms with Crippen LogP contribution in [0.5, 0.6) is 0 Å². The molecule has 0 spiro atoms. The Balaban J connectivity index is 1.72. The first-order valence-corrected chi connectivity index (χ1v) is 5.75. The molecule has 0 radical (unpaired) electrons. The number of rotatable bonds is 4. The number of carbonyl (C=O) groups is 1. The third-order valence-corrected chi connectivity index (χ3v) is 2.97. The van der Waals surface area contributed by atoms with Gasteiger partial charge in [0.25, 0.3) is 0 Å². The number of hydrogen-bond donors (Lipinski definition) is 1. The van der Waals surface area contributed by atoms with Crippen LogP contribution in [0.3, 0.4) is 0 Å². The van der Waals surface area contributed by atoms with Crippen molar-refractivity contribution in [2.45, 2.75) is 24.5 Å². The second kappa shape index (κ2) is 4.75. The van der Waals surface area contributed by atoms with Crippen molar-refractivity contribution in [2.24, 2.45) is 0 Å². The first kappa shape index (κ1) is 10.6. The van der Waals surface area contributed by atoms with Crippen LogP contribution in [0.4, 0.5) is 0 Å². The maximum atomic E-state index is 11.4. The number of thiol groups is 1. The number of likely N-dealkylation sites (tertiary alicyclic amines) is 1.